The fourth-order valence-corrected chi connectivity index (χ4v) is 9.26. The summed E-state index contributed by atoms with van der Waals surface area (Å²) in [6.45, 7) is 75.7. The maximum atomic E-state index is 2.40. The van der Waals surface area contributed by atoms with Crippen molar-refractivity contribution >= 4 is 0 Å². The third-order valence-corrected chi connectivity index (χ3v) is 16.1. The first-order valence-corrected chi connectivity index (χ1v) is 34.5. The molecule has 0 nitrogen and oxygen atoms in total. The summed E-state index contributed by atoms with van der Waals surface area (Å²) >= 11 is 0. The van der Waals surface area contributed by atoms with E-state index in [9.17, 15) is 0 Å². The summed E-state index contributed by atoms with van der Waals surface area (Å²) < 4.78 is 0. The normalized spacial score (nSPS) is 13.8. The van der Waals surface area contributed by atoms with Gasteiger partial charge in [0.05, 0.1) is 0 Å². The van der Waals surface area contributed by atoms with Crippen LogP contribution in [-0.4, -0.2) is 0 Å². The Balaban J connectivity index is -0.000000125. The summed E-state index contributed by atoms with van der Waals surface area (Å²) in [7, 11) is 0. The maximum absolute atomic E-state index is 2.40. The van der Waals surface area contributed by atoms with Gasteiger partial charge in [0.15, 0.2) is 0 Å². The van der Waals surface area contributed by atoms with Crippen molar-refractivity contribution in [2.75, 3.05) is 0 Å². The Morgan fingerprint density at radius 3 is 1.01 bits per heavy atom. The summed E-state index contributed by atoms with van der Waals surface area (Å²) in [6, 6.07) is 0. The van der Waals surface area contributed by atoms with Crippen LogP contribution in [0, 0.1) is 68.5 Å². The molecule has 0 aromatic rings. The van der Waals surface area contributed by atoms with Crippen LogP contribution in [0.15, 0.2) is 23.3 Å². The minimum atomic E-state index is 0. The van der Waals surface area contributed by atoms with Crippen LogP contribution < -0.4 is 0 Å². The highest BCUT2D eigenvalue weighted by molar-refractivity contribution is 4.93. The molecule has 0 amide bonds. The van der Waals surface area contributed by atoms with Crippen LogP contribution in [-0.2, 0) is 0 Å². The smallest absolute Gasteiger partial charge is 0.0346 e. The van der Waals surface area contributed by atoms with Crippen LogP contribution in [0.1, 0.15) is 416 Å². The van der Waals surface area contributed by atoms with Crippen molar-refractivity contribution in [3.63, 3.8) is 0 Å². The van der Waals surface area contributed by atoms with Gasteiger partial charge in [-0.15, -0.1) is 0 Å². The van der Waals surface area contributed by atoms with Gasteiger partial charge in [0, 0.05) is 0 Å². The molecular formula is C78H168. The predicted octanol–water partition coefficient (Wildman–Crippen LogP) is 30.2. The fourth-order valence-electron chi connectivity index (χ4n) is 9.26. The lowest BCUT2D eigenvalue weighted by Gasteiger charge is -2.29. The van der Waals surface area contributed by atoms with Gasteiger partial charge in [-0.2, -0.15) is 0 Å². The maximum Gasteiger partial charge on any atom is -0.0346 e. The standard InChI is InChI=1S/C16H34.C14H28.C13H26.2C11H24.C10H22.C2H6.CH4/c1-6-7-8-9-10-11-12-13-14-15(2)16(3,4)5;1-12(2)8-7-9-13(3)10-11-14(4,5)6;1-11(2)7-6-8-13(5)10-9-12(3)4;1-6-7-8-10(2)9-11(3,4)5;1-6-8-9-10(7-2)11(3,4)5;1-6-7-8-9(2)10(3,4)5;1-2;/h15H,6-14H2,1-5H3;8,13H,7,9-11H2,1-6H3;7,12-13H,6,8-10H2,1-5H3;2*10H,6-9H2,1-5H3;9H,6-8H2,1-5H3;1-2H3;1H4. The summed E-state index contributed by atoms with van der Waals surface area (Å²) in [5.74, 6) is 6.21. The average molecular weight is 1110 g/mol. The van der Waals surface area contributed by atoms with Gasteiger partial charge in [-0.05, 0) is 141 Å². The Labute approximate surface area is 505 Å². The molecule has 0 heteroatoms. The minimum Gasteiger partial charge on any atom is -0.0859 e. The first kappa shape index (κ1) is 93.9. The molecule has 0 aromatic carbocycles. The Hall–Kier alpha value is -0.520. The van der Waals surface area contributed by atoms with Gasteiger partial charge >= 0.3 is 0 Å². The van der Waals surface area contributed by atoms with Crippen molar-refractivity contribution in [3.8, 4) is 0 Å². The first-order chi connectivity index (χ1) is 35.3. The predicted molar refractivity (Wildman–Crippen MR) is 376 cm³/mol. The molecule has 0 rings (SSSR count). The van der Waals surface area contributed by atoms with E-state index in [0.29, 0.717) is 27.1 Å². The monoisotopic (exact) mass is 1110 g/mol. The molecule has 0 aromatic heterocycles. The number of hydrogen-bond acceptors (Lipinski definition) is 0. The molecule has 78 heavy (non-hydrogen) atoms. The average Bonchev–Trinajstić information content (AvgIpc) is 3.29. The topological polar surface area (TPSA) is 0 Å². The van der Waals surface area contributed by atoms with Crippen LogP contribution >= 0.6 is 0 Å². The number of allylic oxidation sites excluding steroid dienone is 4. The second-order valence-electron chi connectivity index (χ2n) is 31.6. The molecule has 6 atom stereocenters. The Morgan fingerprint density at radius 2 is 0.692 bits per heavy atom. The van der Waals surface area contributed by atoms with E-state index in [-0.39, 0.29) is 7.43 Å². The molecule has 0 heterocycles. The van der Waals surface area contributed by atoms with Crippen molar-refractivity contribution < 1.29 is 0 Å². The second kappa shape index (κ2) is 58.3. The zero-order chi connectivity index (χ0) is 61.9. The van der Waals surface area contributed by atoms with Gasteiger partial charge in [-0.1, -0.05) is 366 Å². The van der Waals surface area contributed by atoms with E-state index in [4.69, 9.17) is 0 Å². The van der Waals surface area contributed by atoms with E-state index < -0.39 is 0 Å². The van der Waals surface area contributed by atoms with Gasteiger partial charge in [-0.25, -0.2) is 0 Å². The molecule has 0 N–H and O–H groups in total. The quantitative estimate of drug-likeness (QED) is 0.0479. The van der Waals surface area contributed by atoms with Gasteiger partial charge < -0.3 is 0 Å². The van der Waals surface area contributed by atoms with Gasteiger partial charge in [0.1, 0.15) is 0 Å². The van der Waals surface area contributed by atoms with Crippen LogP contribution in [0.4, 0.5) is 0 Å². The van der Waals surface area contributed by atoms with Gasteiger partial charge in [-0.3, -0.25) is 0 Å². The summed E-state index contributed by atoms with van der Waals surface area (Å²) in [6.07, 6.45) is 43.5. The molecule has 0 aliphatic heterocycles. The lowest BCUT2D eigenvalue weighted by atomic mass is 9.76. The number of unbranched alkanes of at least 4 members (excludes halogenated alkanes) is 10. The third kappa shape index (κ3) is 86.7. The zero-order valence-corrected chi connectivity index (χ0v) is 61.5. The highest BCUT2D eigenvalue weighted by Crippen LogP contribution is 2.33. The molecule has 480 valence electrons. The zero-order valence-electron chi connectivity index (χ0n) is 61.5. The van der Waals surface area contributed by atoms with E-state index in [1.54, 1.807) is 0 Å². The van der Waals surface area contributed by atoms with Gasteiger partial charge in [0.25, 0.3) is 0 Å². The molecule has 0 fully saturated rings. The van der Waals surface area contributed by atoms with Crippen molar-refractivity contribution in [1.82, 2.24) is 0 Å². The third-order valence-electron chi connectivity index (χ3n) is 16.1. The first-order valence-electron chi connectivity index (χ1n) is 34.5. The van der Waals surface area contributed by atoms with E-state index in [1.165, 1.54) is 191 Å². The lowest BCUT2D eigenvalue weighted by Crippen LogP contribution is -2.19. The molecule has 0 aliphatic carbocycles. The SMILES string of the molecule is C.CC.CC(C)=CCCC(C)CCC(C)(C)C.CC(C)=CCCC(C)CCC(C)C.CCCCC(C)C(C)(C)C.CCCCC(C)CC(C)(C)C.CCCCC(CC)C(C)(C)C.CCCCCCCCCCC(C)C(C)(C)C. The Kier molecular flexibility index (Phi) is 70.1. The molecule has 0 aliphatic rings. The Bertz CT molecular complexity index is 1180. The molecule has 0 spiro atoms. The summed E-state index contributed by atoms with van der Waals surface area (Å²) in [4.78, 5) is 0. The number of hydrogen-bond donors (Lipinski definition) is 0. The van der Waals surface area contributed by atoms with Crippen molar-refractivity contribution in [2.24, 2.45) is 68.5 Å². The Morgan fingerprint density at radius 1 is 0.346 bits per heavy atom. The van der Waals surface area contributed by atoms with Gasteiger partial charge in [0.2, 0.25) is 0 Å². The van der Waals surface area contributed by atoms with Crippen molar-refractivity contribution in [2.45, 2.75) is 416 Å². The molecular weight excluding hydrogens is 937 g/mol. The minimum absolute atomic E-state index is 0. The van der Waals surface area contributed by atoms with E-state index in [1.807, 2.05) is 13.8 Å². The van der Waals surface area contributed by atoms with Crippen LogP contribution in [0.2, 0.25) is 0 Å². The van der Waals surface area contributed by atoms with Crippen LogP contribution in [0.5, 0.6) is 0 Å². The number of rotatable bonds is 31. The highest BCUT2D eigenvalue weighted by atomic mass is 14.3. The lowest BCUT2D eigenvalue weighted by molar-refractivity contribution is 0.214. The molecule has 0 bridgehead atoms. The van der Waals surface area contributed by atoms with Crippen molar-refractivity contribution in [1.29, 1.82) is 0 Å². The summed E-state index contributed by atoms with van der Waals surface area (Å²) in [5, 5.41) is 0. The summed E-state index contributed by atoms with van der Waals surface area (Å²) in [5.41, 5.74) is 5.46. The largest absolute Gasteiger partial charge is 0.0859 e. The van der Waals surface area contributed by atoms with E-state index in [2.05, 4.69) is 227 Å². The van der Waals surface area contributed by atoms with Crippen LogP contribution in [0.3, 0.4) is 0 Å². The highest BCUT2D eigenvalue weighted by Gasteiger charge is 2.22. The molecule has 0 saturated heterocycles. The van der Waals surface area contributed by atoms with Crippen LogP contribution in [0.25, 0.3) is 0 Å². The van der Waals surface area contributed by atoms with E-state index in [0.717, 1.165) is 41.4 Å². The van der Waals surface area contributed by atoms with Crippen molar-refractivity contribution in [3.05, 3.63) is 23.3 Å². The molecule has 6 unspecified atom stereocenters. The molecule has 0 saturated carbocycles. The van der Waals surface area contributed by atoms with E-state index >= 15 is 0 Å². The second-order valence-corrected chi connectivity index (χ2v) is 31.6. The fraction of sp³-hybridized carbons (Fsp3) is 0.949. The molecule has 0 radical (unpaired) electrons.